The van der Waals surface area contributed by atoms with Gasteiger partial charge in [0.2, 0.25) is 0 Å². The minimum atomic E-state index is -1.56. The Hall–Kier alpha value is -5.19. The summed E-state index contributed by atoms with van der Waals surface area (Å²) in [6.07, 6.45) is 0.478. The Balaban J connectivity index is 2.04. The Morgan fingerprint density at radius 2 is 1.69 bits per heavy atom. The van der Waals surface area contributed by atoms with Gasteiger partial charge in [-0.3, -0.25) is 5.41 Å². The normalized spacial score (nSPS) is 11.5. The third-order valence-corrected chi connectivity index (χ3v) is 5.22. The maximum Gasteiger partial charge on any atom is 0.336 e. The fourth-order valence-electron chi connectivity index (χ4n) is 3.60. The predicted molar refractivity (Wildman–Crippen MR) is 125 cm³/mol. The van der Waals surface area contributed by atoms with E-state index in [1.54, 1.807) is 18.2 Å². The molecule has 4 rings (SSSR count). The first-order valence-corrected chi connectivity index (χ1v) is 9.94. The number of carboxylic acids is 2. The molecule has 0 spiro atoms. The van der Waals surface area contributed by atoms with Crippen LogP contribution in [-0.4, -0.2) is 48.2 Å². The van der Waals surface area contributed by atoms with Crippen molar-refractivity contribution in [2.45, 2.75) is 0 Å². The summed E-state index contributed by atoms with van der Waals surface area (Å²) in [7, 11) is 0. The van der Waals surface area contributed by atoms with Gasteiger partial charge >= 0.3 is 11.9 Å². The van der Waals surface area contributed by atoms with Crippen molar-refractivity contribution in [3.05, 3.63) is 71.6 Å². The van der Waals surface area contributed by atoms with E-state index in [1.807, 2.05) is 0 Å². The van der Waals surface area contributed by atoms with Crippen molar-refractivity contribution < 1.29 is 34.4 Å². The number of hydrogen-bond acceptors (Lipinski definition) is 6. The summed E-state index contributed by atoms with van der Waals surface area (Å²) in [6, 6.07) is 10.1. The standard InChI is InChI=1S/C24H17FN4O6/c25-12-2-4-19(30)14(8-12)15-5-11(13(24(34)35)9-20(31)32)6-16(21(15)33)23-28-17-3-1-10(22(26)27)7-18(17)29-23/h1-9,30,33H,(H3,26,27)(H,28,29)(H,31,32)(H,34,35). The molecule has 0 aliphatic heterocycles. The quantitative estimate of drug-likeness (QED) is 0.125. The number of fused-ring (bicyclic) bond motifs is 1. The van der Waals surface area contributed by atoms with Crippen LogP contribution < -0.4 is 5.73 Å². The van der Waals surface area contributed by atoms with Crippen LogP contribution in [0.3, 0.4) is 0 Å². The molecule has 0 saturated carbocycles. The van der Waals surface area contributed by atoms with Crippen molar-refractivity contribution in [3.63, 3.8) is 0 Å². The van der Waals surface area contributed by atoms with Gasteiger partial charge in [0.25, 0.3) is 0 Å². The Bertz CT molecular complexity index is 1570. The molecule has 0 unspecified atom stereocenters. The lowest BCUT2D eigenvalue weighted by atomic mass is 9.93. The molecule has 3 aromatic carbocycles. The average Bonchev–Trinajstić information content (AvgIpc) is 3.22. The smallest absolute Gasteiger partial charge is 0.336 e. The first kappa shape index (κ1) is 23.0. The number of aromatic nitrogens is 2. The Morgan fingerprint density at radius 1 is 0.971 bits per heavy atom. The fraction of sp³-hybridized carbons (Fsp3) is 0. The van der Waals surface area contributed by atoms with Crippen LogP contribution in [-0.2, 0) is 9.59 Å². The lowest BCUT2D eigenvalue weighted by molar-refractivity contribution is -0.133. The number of phenols is 2. The van der Waals surface area contributed by atoms with Gasteiger partial charge in [-0.25, -0.2) is 19.0 Å². The second-order valence-corrected chi connectivity index (χ2v) is 7.51. The number of H-pyrrole nitrogens is 1. The highest BCUT2D eigenvalue weighted by Gasteiger charge is 2.22. The van der Waals surface area contributed by atoms with Crippen molar-refractivity contribution in [2.75, 3.05) is 0 Å². The van der Waals surface area contributed by atoms with Gasteiger partial charge in [0.05, 0.1) is 22.2 Å². The minimum Gasteiger partial charge on any atom is -0.507 e. The van der Waals surface area contributed by atoms with Gasteiger partial charge in [-0.15, -0.1) is 0 Å². The van der Waals surface area contributed by atoms with Crippen molar-refractivity contribution in [1.29, 1.82) is 5.41 Å². The van der Waals surface area contributed by atoms with E-state index in [-0.39, 0.29) is 33.9 Å². The van der Waals surface area contributed by atoms with Crippen LogP contribution in [0.15, 0.2) is 54.6 Å². The topological polar surface area (TPSA) is 194 Å². The molecule has 1 aromatic heterocycles. The van der Waals surface area contributed by atoms with Crippen LogP contribution in [0.5, 0.6) is 11.5 Å². The van der Waals surface area contributed by atoms with Crippen LogP contribution in [0.4, 0.5) is 4.39 Å². The first-order valence-electron chi connectivity index (χ1n) is 9.94. The van der Waals surface area contributed by atoms with Crippen LogP contribution in [0.25, 0.3) is 39.1 Å². The van der Waals surface area contributed by atoms with Gasteiger partial charge in [0, 0.05) is 22.8 Å². The molecular weight excluding hydrogens is 459 g/mol. The number of rotatable bonds is 6. The molecule has 0 bridgehead atoms. The Labute approximate surface area is 195 Å². The van der Waals surface area contributed by atoms with E-state index in [0.717, 1.165) is 24.3 Å². The summed E-state index contributed by atoms with van der Waals surface area (Å²) in [6.45, 7) is 0. The van der Waals surface area contributed by atoms with E-state index in [0.29, 0.717) is 22.7 Å². The van der Waals surface area contributed by atoms with Crippen LogP contribution in [0.1, 0.15) is 11.1 Å². The molecule has 0 aliphatic rings. The summed E-state index contributed by atoms with van der Waals surface area (Å²) in [5.74, 6) is -4.80. The largest absolute Gasteiger partial charge is 0.507 e. The number of nitrogens with two attached hydrogens (primary N) is 1. The average molecular weight is 476 g/mol. The van der Waals surface area contributed by atoms with Crippen molar-refractivity contribution >= 4 is 34.4 Å². The number of nitrogen functional groups attached to an aromatic ring is 1. The van der Waals surface area contributed by atoms with E-state index in [9.17, 15) is 29.3 Å². The van der Waals surface area contributed by atoms with Gasteiger partial charge < -0.3 is 31.1 Å². The van der Waals surface area contributed by atoms with Crippen molar-refractivity contribution in [1.82, 2.24) is 9.97 Å². The zero-order chi connectivity index (χ0) is 25.4. The fourth-order valence-corrected chi connectivity index (χ4v) is 3.60. The van der Waals surface area contributed by atoms with Gasteiger partial charge in [0.1, 0.15) is 29.0 Å². The zero-order valence-electron chi connectivity index (χ0n) is 17.7. The molecule has 11 heteroatoms. The second-order valence-electron chi connectivity index (χ2n) is 7.51. The van der Waals surface area contributed by atoms with E-state index >= 15 is 0 Å². The van der Waals surface area contributed by atoms with Crippen LogP contribution >= 0.6 is 0 Å². The monoisotopic (exact) mass is 476 g/mol. The lowest BCUT2D eigenvalue weighted by Gasteiger charge is -2.14. The van der Waals surface area contributed by atoms with Crippen molar-refractivity contribution in [2.24, 2.45) is 5.73 Å². The maximum absolute atomic E-state index is 14.0. The molecule has 176 valence electrons. The van der Waals surface area contributed by atoms with Gasteiger partial charge in [0.15, 0.2) is 0 Å². The number of aromatic amines is 1. The van der Waals surface area contributed by atoms with Gasteiger partial charge in [-0.2, -0.15) is 0 Å². The van der Waals surface area contributed by atoms with Crippen LogP contribution in [0, 0.1) is 11.2 Å². The maximum atomic E-state index is 14.0. The van der Waals surface area contributed by atoms with Crippen LogP contribution in [0.2, 0.25) is 0 Å². The summed E-state index contributed by atoms with van der Waals surface area (Å²) in [5.41, 5.74) is 5.71. The number of amidine groups is 1. The van der Waals surface area contributed by atoms with E-state index in [4.69, 9.17) is 16.2 Å². The Kier molecular flexibility index (Phi) is 5.67. The summed E-state index contributed by atoms with van der Waals surface area (Å²) < 4.78 is 14.0. The highest BCUT2D eigenvalue weighted by atomic mass is 19.1. The highest BCUT2D eigenvalue weighted by Crippen LogP contribution is 2.43. The molecule has 0 radical (unpaired) electrons. The minimum absolute atomic E-state index is 0.0423. The molecular formula is C24H17FN4O6. The molecule has 35 heavy (non-hydrogen) atoms. The lowest BCUT2D eigenvalue weighted by Crippen LogP contribution is -2.10. The Morgan fingerprint density at radius 3 is 2.34 bits per heavy atom. The molecule has 0 fully saturated rings. The van der Waals surface area contributed by atoms with E-state index in [1.165, 1.54) is 6.07 Å². The van der Waals surface area contributed by atoms with E-state index in [2.05, 4.69) is 9.97 Å². The molecule has 0 amide bonds. The number of hydrogen-bond donors (Lipinski definition) is 7. The van der Waals surface area contributed by atoms with Gasteiger partial charge in [-0.05, 0) is 54.1 Å². The third kappa shape index (κ3) is 4.37. The van der Waals surface area contributed by atoms with Crippen molar-refractivity contribution in [3.8, 4) is 34.0 Å². The molecule has 1 heterocycles. The molecule has 10 nitrogen and oxygen atoms in total. The summed E-state index contributed by atoms with van der Waals surface area (Å²) in [5, 5.41) is 47.7. The molecule has 4 aromatic rings. The number of phenolic OH excluding ortho intramolecular Hbond substituents is 2. The number of benzene rings is 3. The SMILES string of the molecule is N=C(N)c1ccc2nc(-c3cc(C(=CC(=O)O)C(=O)O)cc(-c4cc(F)ccc4O)c3O)[nH]c2c1. The number of imidazole rings is 1. The highest BCUT2D eigenvalue weighted by molar-refractivity contribution is 6.20. The zero-order valence-corrected chi connectivity index (χ0v) is 17.7. The second kappa shape index (κ2) is 8.63. The number of nitrogens with one attached hydrogen (secondary N) is 2. The summed E-state index contributed by atoms with van der Waals surface area (Å²) >= 11 is 0. The van der Waals surface area contributed by atoms with Gasteiger partial charge in [-0.1, -0.05) is 0 Å². The predicted octanol–water partition coefficient (Wildman–Crippen LogP) is 3.28. The number of carbonyl (C=O) groups is 2. The number of nitrogens with zero attached hydrogens (tertiary/aromatic N) is 1. The number of halogens is 1. The molecule has 8 N–H and O–H groups in total. The first-order chi connectivity index (χ1) is 16.5. The van der Waals surface area contributed by atoms with E-state index < -0.39 is 34.8 Å². The third-order valence-electron chi connectivity index (χ3n) is 5.22. The number of aliphatic carboxylic acids is 2. The number of carboxylic acid groups (broad SMARTS) is 2. The number of aromatic hydroxyl groups is 2. The summed E-state index contributed by atoms with van der Waals surface area (Å²) in [4.78, 5) is 30.4. The molecule has 0 atom stereocenters. The molecule has 0 aliphatic carbocycles. The molecule has 0 saturated heterocycles.